The molecule has 0 unspecified atom stereocenters. The van der Waals surface area contributed by atoms with Crippen LogP contribution in [-0.4, -0.2) is 24.3 Å². The molecule has 3 amide bonds. The molecule has 2 aromatic carbocycles. The van der Waals surface area contributed by atoms with Crippen molar-refractivity contribution in [3.63, 3.8) is 0 Å². The average Bonchev–Trinajstić information content (AvgIpc) is 2.69. The minimum atomic E-state index is -0.319. The summed E-state index contributed by atoms with van der Waals surface area (Å²) in [6.45, 7) is 4.60. The zero-order chi connectivity index (χ0) is 20.4. The standard InChI is InChI=1S/C22H27N3O3/c1-3-5-15-23-22(28)18-9-6-7-10-19(18)25-21(27)16-11-13-17(14-12-16)24-20(26)8-4-2/h6-7,9-14H,3-5,8,15H2,1-2H3,(H,23,28)(H,24,26)(H,25,27). The number of carbonyl (C=O) groups is 3. The number of nitrogens with one attached hydrogen (secondary N) is 3. The molecule has 0 radical (unpaired) electrons. The third-order valence-corrected chi connectivity index (χ3v) is 4.14. The van der Waals surface area contributed by atoms with Gasteiger partial charge in [0.1, 0.15) is 0 Å². The summed E-state index contributed by atoms with van der Waals surface area (Å²) in [5, 5.41) is 8.43. The highest BCUT2D eigenvalue weighted by Crippen LogP contribution is 2.17. The fourth-order valence-electron chi connectivity index (χ4n) is 2.61. The first-order valence-corrected chi connectivity index (χ1v) is 9.63. The van der Waals surface area contributed by atoms with Crippen LogP contribution in [0.15, 0.2) is 48.5 Å². The maximum Gasteiger partial charge on any atom is 0.255 e. The lowest BCUT2D eigenvalue weighted by Gasteiger charge is -2.12. The number of benzene rings is 2. The van der Waals surface area contributed by atoms with E-state index in [0.717, 1.165) is 19.3 Å². The topological polar surface area (TPSA) is 87.3 Å². The monoisotopic (exact) mass is 381 g/mol. The van der Waals surface area contributed by atoms with Crippen LogP contribution in [0.5, 0.6) is 0 Å². The molecule has 28 heavy (non-hydrogen) atoms. The molecule has 6 heteroatoms. The fraction of sp³-hybridized carbons (Fsp3) is 0.318. The summed E-state index contributed by atoms with van der Waals surface area (Å²) < 4.78 is 0. The van der Waals surface area contributed by atoms with Gasteiger partial charge in [-0.2, -0.15) is 0 Å². The van der Waals surface area contributed by atoms with Crippen LogP contribution in [0.4, 0.5) is 11.4 Å². The predicted molar refractivity (Wildman–Crippen MR) is 112 cm³/mol. The van der Waals surface area contributed by atoms with Gasteiger partial charge in [-0.25, -0.2) is 0 Å². The SMILES string of the molecule is CCCCNC(=O)c1ccccc1NC(=O)c1ccc(NC(=O)CCC)cc1. The van der Waals surface area contributed by atoms with Crippen molar-refractivity contribution in [2.75, 3.05) is 17.2 Å². The van der Waals surface area contributed by atoms with Gasteiger partial charge < -0.3 is 16.0 Å². The van der Waals surface area contributed by atoms with Gasteiger partial charge in [0.15, 0.2) is 0 Å². The van der Waals surface area contributed by atoms with E-state index in [2.05, 4.69) is 22.9 Å². The highest BCUT2D eigenvalue weighted by molar-refractivity contribution is 6.09. The molecule has 3 N–H and O–H groups in total. The first kappa shape index (κ1) is 21.2. The Morgan fingerprint density at radius 3 is 2.21 bits per heavy atom. The first-order chi connectivity index (χ1) is 13.5. The van der Waals surface area contributed by atoms with E-state index in [1.807, 2.05) is 6.92 Å². The second-order valence-electron chi connectivity index (χ2n) is 6.48. The van der Waals surface area contributed by atoms with E-state index < -0.39 is 0 Å². The summed E-state index contributed by atoms with van der Waals surface area (Å²) >= 11 is 0. The molecule has 0 bridgehead atoms. The van der Waals surface area contributed by atoms with Gasteiger partial charge in [-0.05, 0) is 49.2 Å². The predicted octanol–water partition coefficient (Wildman–Crippen LogP) is 4.21. The number of amides is 3. The van der Waals surface area contributed by atoms with Crippen LogP contribution in [0.1, 0.15) is 60.2 Å². The molecule has 2 aromatic rings. The summed E-state index contributed by atoms with van der Waals surface area (Å²) in [6, 6.07) is 13.6. The molecule has 0 aliphatic rings. The van der Waals surface area contributed by atoms with Crippen molar-refractivity contribution in [1.82, 2.24) is 5.32 Å². The summed E-state index contributed by atoms with van der Waals surface area (Å²) in [5.41, 5.74) is 1.97. The Labute approximate surface area is 165 Å². The Bertz CT molecular complexity index is 816. The van der Waals surface area contributed by atoms with Crippen LogP contribution in [0.2, 0.25) is 0 Å². The molecule has 148 valence electrons. The summed E-state index contributed by atoms with van der Waals surface area (Å²) in [5.74, 6) is -0.582. The minimum Gasteiger partial charge on any atom is -0.352 e. The molecule has 0 saturated carbocycles. The second kappa shape index (κ2) is 10.9. The number of para-hydroxylation sites is 1. The molecule has 0 fully saturated rings. The largest absolute Gasteiger partial charge is 0.352 e. The van der Waals surface area contributed by atoms with Crippen molar-refractivity contribution in [2.45, 2.75) is 39.5 Å². The molecule has 6 nitrogen and oxygen atoms in total. The number of anilines is 2. The van der Waals surface area contributed by atoms with Gasteiger partial charge in [-0.3, -0.25) is 14.4 Å². The Hall–Kier alpha value is -3.15. The summed E-state index contributed by atoms with van der Waals surface area (Å²) in [4.78, 5) is 36.6. The van der Waals surface area contributed by atoms with E-state index in [1.54, 1.807) is 48.5 Å². The van der Waals surface area contributed by atoms with Crippen molar-refractivity contribution < 1.29 is 14.4 Å². The smallest absolute Gasteiger partial charge is 0.255 e. The van der Waals surface area contributed by atoms with Crippen LogP contribution in [-0.2, 0) is 4.79 Å². The maximum absolute atomic E-state index is 12.6. The van der Waals surface area contributed by atoms with Crippen molar-refractivity contribution in [1.29, 1.82) is 0 Å². The molecule has 0 atom stereocenters. The van der Waals surface area contributed by atoms with Gasteiger partial charge in [0.25, 0.3) is 11.8 Å². The van der Waals surface area contributed by atoms with Gasteiger partial charge in [-0.15, -0.1) is 0 Å². The summed E-state index contributed by atoms with van der Waals surface area (Å²) in [7, 11) is 0. The van der Waals surface area contributed by atoms with Crippen molar-refractivity contribution >= 4 is 29.1 Å². The van der Waals surface area contributed by atoms with Crippen LogP contribution in [0.3, 0.4) is 0 Å². The van der Waals surface area contributed by atoms with E-state index >= 15 is 0 Å². The molecule has 0 spiro atoms. The van der Waals surface area contributed by atoms with E-state index in [0.29, 0.717) is 35.5 Å². The average molecular weight is 381 g/mol. The Morgan fingerprint density at radius 1 is 0.821 bits per heavy atom. The Kier molecular flexibility index (Phi) is 8.21. The molecular weight excluding hydrogens is 354 g/mol. The molecule has 0 saturated heterocycles. The third-order valence-electron chi connectivity index (χ3n) is 4.14. The van der Waals surface area contributed by atoms with Crippen LogP contribution in [0, 0.1) is 0 Å². The molecule has 0 aliphatic heterocycles. The highest BCUT2D eigenvalue weighted by atomic mass is 16.2. The van der Waals surface area contributed by atoms with Crippen LogP contribution >= 0.6 is 0 Å². The first-order valence-electron chi connectivity index (χ1n) is 9.63. The van der Waals surface area contributed by atoms with E-state index in [-0.39, 0.29) is 17.7 Å². The lowest BCUT2D eigenvalue weighted by atomic mass is 10.1. The van der Waals surface area contributed by atoms with E-state index in [4.69, 9.17) is 0 Å². The zero-order valence-corrected chi connectivity index (χ0v) is 16.4. The Balaban J connectivity index is 2.04. The quantitative estimate of drug-likeness (QED) is 0.569. The van der Waals surface area contributed by atoms with Crippen molar-refractivity contribution in [3.8, 4) is 0 Å². The van der Waals surface area contributed by atoms with Gasteiger partial charge >= 0.3 is 0 Å². The minimum absolute atomic E-state index is 0.0530. The lowest BCUT2D eigenvalue weighted by Crippen LogP contribution is -2.26. The molecule has 0 aliphatic carbocycles. The number of carbonyl (C=O) groups excluding carboxylic acids is 3. The number of unbranched alkanes of at least 4 members (excludes halogenated alkanes) is 1. The number of hydrogen-bond acceptors (Lipinski definition) is 3. The van der Waals surface area contributed by atoms with Gasteiger partial charge in [-0.1, -0.05) is 32.4 Å². The van der Waals surface area contributed by atoms with Gasteiger partial charge in [0.05, 0.1) is 11.3 Å². The van der Waals surface area contributed by atoms with Crippen molar-refractivity contribution in [3.05, 3.63) is 59.7 Å². The highest BCUT2D eigenvalue weighted by Gasteiger charge is 2.14. The number of rotatable bonds is 9. The van der Waals surface area contributed by atoms with Crippen LogP contribution < -0.4 is 16.0 Å². The second-order valence-corrected chi connectivity index (χ2v) is 6.48. The van der Waals surface area contributed by atoms with Crippen molar-refractivity contribution in [2.24, 2.45) is 0 Å². The molecule has 0 heterocycles. The van der Waals surface area contributed by atoms with E-state index in [9.17, 15) is 14.4 Å². The number of hydrogen-bond donors (Lipinski definition) is 3. The third kappa shape index (κ3) is 6.23. The zero-order valence-electron chi connectivity index (χ0n) is 16.4. The molecular formula is C22H27N3O3. The van der Waals surface area contributed by atoms with Gasteiger partial charge in [0, 0.05) is 24.2 Å². The lowest BCUT2D eigenvalue weighted by molar-refractivity contribution is -0.116. The van der Waals surface area contributed by atoms with Gasteiger partial charge in [0.2, 0.25) is 5.91 Å². The normalized spacial score (nSPS) is 10.2. The maximum atomic E-state index is 12.6. The Morgan fingerprint density at radius 2 is 1.54 bits per heavy atom. The summed E-state index contributed by atoms with van der Waals surface area (Å²) in [6.07, 6.45) is 3.13. The molecule has 0 aromatic heterocycles. The molecule has 2 rings (SSSR count). The van der Waals surface area contributed by atoms with Crippen LogP contribution in [0.25, 0.3) is 0 Å². The van der Waals surface area contributed by atoms with E-state index in [1.165, 1.54) is 0 Å². The fourth-order valence-corrected chi connectivity index (χ4v) is 2.61.